The van der Waals surface area contributed by atoms with Gasteiger partial charge in [0, 0.05) is 0 Å². The number of nitrogens with two attached hydrogens (primary N) is 2. The summed E-state index contributed by atoms with van der Waals surface area (Å²) in [7, 11) is 0. The van der Waals surface area contributed by atoms with Crippen LogP contribution < -0.4 is 28.1 Å². The zero-order valence-corrected chi connectivity index (χ0v) is 11.4. The molecule has 0 saturated carbocycles. The third-order valence-electron chi connectivity index (χ3n) is 2.50. The van der Waals surface area contributed by atoms with E-state index in [1.54, 1.807) is 11.8 Å². The molecule has 1 aliphatic heterocycles. The van der Waals surface area contributed by atoms with Gasteiger partial charge in [-0.3, -0.25) is 5.41 Å². The van der Waals surface area contributed by atoms with E-state index >= 15 is 0 Å². The van der Waals surface area contributed by atoms with Crippen LogP contribution in [0.3, 0.4) is 0 Å². The van der Waals surface area contributed by atoms with Gasteiger partial charge in [-0.15, -0.1) is 0 Å². The second kappa shape index (κ2) is 5.50. The first-order chi connectivity index (χ1) is 7.16. The molecule has 0 bridgehead atoms. The van der Waals surface area contributed by atoms with Gasteiger partial charge >= 0.3 is 5.17 Å². The van der Waals surface area contributed by atoms with Crippen LogP contribution in [0.5, 0.6) is 0 Å². The Morgan fingerprint density at radius 1 is 1.44 bits per heavy atom. The Morgan fingerprint density at radius 3 is 2.69 bits per heavy atom. The van der Waals surface area contributed by atoms with Crippen molar-refractivity contribution in [2.45, 2.75) is 18.6 Å². The highest BCUT2D eigenvalue weighted by Crippen LogP contribution is 2.23. The van der Waals surface area contributed by atoms with Crippen molar-refractivity contribution in [3.8, 4) is 0 Å². The Morgan fingerprint density at radius 2 is 2.12 bits per heavy atom. The van der Waals surface area contributed by atoms with Crippen molar-refractivity contribution in [1.82, 2.24) is 0 Å². The maximum absolute atomic E-state index is 5.80. The third kappa shape index (κ3) is 2.86. The summed E-state index contributed by atoms with van der Waals surface area (Å²) in [5, 5.41) is 6.39. The van der Waals surface area contributed by atoms with Crippen molar-refractivity contribution in [2.75, 3.05) is 0 Å². The number of aliphatic imine (C=N–C) groups is 1. The molecule has 86 valence electrons. The Labute approximate surface area is 110 Å². The number of hydrogen-bond acceptors (Lipinski definition) is 2. The summed E-state index contributed by atoms with van der Waals surface area (Å²) in [5.41, 5.74) is 8.39. The number of nitrogens with zero attached hydrogens (tertiary/aromatic N) is 1. The molecular formula is C11H14BrN3S. The second-order valence-corrected chi connectivity index (χ2v) is 4.84. The molecule has 0 radical (unpaired) electrons. The van der Waals surface area contributed by atoms with Crippen LogP contribution in [0.2, 0.25) is 0 Å². The van der Waals surface area contributed by atoms with Gasteiger partial charge < -0.3 is 22.7 Å². The van der Waals surface area contributed by atoms with Crippen molar-refractivity contribution in [2.24, 2.45) is 10.7 Å². The first-order valence-electron chi connectivity index (χ1n) is 4.84. The number of amidine groups is 2. The fourth-order valence-corrected chi connectivity index (χ4v) is 2.50. The van der Waals surface area contributed by atoms with E-state index in [0.29, 0.717) is 11.0 Å². The van der Waals surface area contributed by atoms with E-state index in [0.717, 1.165) is 6.42 Å². The smallest absolute Gasteiger partial charge is 0.353 e. The van der Waals surface area contributed by atoms with Gasteiger partial charge in [0.1, 0.15) is 5.25 Å². The Bertz CT molecular complexity index is 431. The van der Waals surface area contributed by atoms with E-state index in [9.17, 15) is 0 Å². The lowest BCUT2D eigenvalue weighted by Gasteiger charge is -2.08. The molecule has 16 heavy (non-hydrogen) atoms. The van der Waals surface area contributed by atoms with Crippen molar-refractivity contribution in [3.05, 3.63) is 35.4 Å². The number of halogens is 1. The van der Waals surface area contributed by atoms with Crippen molar-refractivity contribution in [3.63, 3.8) is 0 Å². The summed E-state index contributed by atoms with van der Waals surface area (Å²) >= 11 is 1.54. The molecule has 0 saturated heterocycles. The average molecular weight is 300 g/mol. The van der Waals surface area contributed by atoms with Gasteiger partial charge in [-0.25, -0.2) is 0 Å². The molecule has 2 rings (SSSR count). The zero-order valence-electron chi connectivity index (χ0n) is 8.98. The maximum atomic E-state index is 5.80. The topological polar surface area (TPSA) is 64.0 Å². The molecule has 5 heteroatoms. The monoisotopic (exact) mass is 299 g/mol. The molecule has 1 aromatic carbocycles. The fraction of sp³-hybridized carbons (Fsp3) is 0.273. The number of benzene rings is 1. The number of thioether (sulfide) groups is 1. The van der Waals surface area contributed by atoms with Crippen LogP contribution in [0.15, 0.2) is 29.3 Å². The average Bonchev–Trinajstić information content (AvgIpc) is 2.49. The summed E-state index contributed by atoms with van der Waals surface area (Å²) in [4.78, 5) is 4.05. The Hall–Kier alpha value is -0.810. The molecule has 4 N–H and O–H groups in total. The molecule has 0 fully saturated rings. The van der Waals surface area contributed by atoms with Crippen LogP contribution in [0.25, 0.3) is 0 Å². The van der Waals surface area contributed by atoms with E-state index in [2.05, 4.69) is 24.0 Å². The van der Waals surface area contributed by atoms with Gasteiger partial charge in [0.15, 0.2) is 0 Å². The van der Waals surface area contributed by atoms with Crippen LogP contribution in [-0.4, -0.2) is 16.3 Å². The van der Waals surface area contributed by atoms with Gasteiger partial charge in [0.05, 0.1) is 0 Å². The highest BCUT2D eigenvalue weighted by molar-refractivity contribution is 8.15. The molecule has 1 atom stereocenters. The largest absolute Gasteiger partial charge is 1.00 e. The molecule has 0 aliphatic carbocycles. The summed E-state index contributed by atoms with van der Waals surface area (Å²) in [6.07, 6.45) is 0.896. The molecule has 3 nitrogen and oxygen atoms in total. The highest BCUT2D eigenvalue weighted by atomic mass is 79.9. The van der Waals surface area contributed by atoms with E-state index in [4.69, 9.17) is 11.1 Å². The standard InChI is InChI=1S/C11H13N3S.BrH/c1-7-4-2-3-5-8(7)6-9-10(12)14-11(13)15-9;/h2-5,9H,6H2,1H3,(H3,12,13,14);1H. The Balaban J connectivity index is 0.00000128. The summed E-state index contributed by atoms with van der Waals surface area (Å²) in [5.74, 6) is 0.640. The summed E-state index contributed by atoms with van der Waals surface area (Å²) in [6, 6.07) is 8.31. The minimum absolute atomic E-state index is 0. The van der Waals surface area contributed by atoms with Crippen LogP contribution in [0, 0.1) is 6.92 Å². The molecule has 1 unspecified atom stereocenters. The lowest BCUT2D eigenvalue weighted by atomic mass is 10.0. The van der Waals surface area contributed by atoms with E-state index < -0.39 is 0 Å². The first-order valence-corrected chi connectivity index (χ1v) is 5.72. The lowest BCUT2D eigenvalue weighted by Crippen LogP contribution is -3.00. The molecular weight excluding hydrogens is 286 g/mol. The van der Waals surface area contributed by atoms with E-state index in [-0.39, 0.29) is 22.2 Å². The third-order valence-corrected chi connectivity index (χ3v) is 3.52. The quantitative estimate of drug-likeness (QED) is 0.617. The van der Waals surface area contributed by atoms with Crippen molar-refractivity contribution >= 4 is 22.8 Å². The fourth-order valence-electron chi connectivity index (χ4n) is 1.62. The maximum Gasteiger partial charge on any atom is 0.353 e. The van der Waals surface area contributed by atoms with Gasteiger partial charge in [0.25, 0.3) is 0 Å². The number of hydrogen-bond donors (Lipinski definition) is 2. The predicted octanol–water partition coefficient (Wildman–Crippen LogP) is -2.87. The second-order valence-electron chi connectivity index (χ2n) is 3.61. The molecule has 0 aromatic heterocycles. The molecule has 1 aliphatic rings. The van der Waals surface area contributed by atoms with E-state index in [1.807, 2.05) is 12.1 Å². The van der Waals surface area contributed by atoms with Gasteiger partial charge in [-0.05, 0) is 41.2 Å². The number of rotatable bonds is 2. The van der Waals surface area contributed by atoms with Crippen LogP contribution in [0.1, 0.15) is 11.1 Å². The van der Waals surface area contributed by atoms with Crippen molar-refractivity contribution in [1.29, 1.82) is 0 Å². The first kappa shape index (κ1) is 13.3. The lowest BCUT2D eigenvalue weighted by molar-refractivity contribution is -0.109. The molecule has 1 aromatic rings. The normalized spacial score (nSPS) is 19.2. The zero-order chi connectivity index (χ0) is 10.8. The molecule has 0 amide bonds. The van der Waals surface area contributed by atoms with Crippen LogP contribution in [0.4, 0.5) is 0 Å². The van der Waals surface area contributed by atoms with Crippen molar-refractivity contribution < 1.29 is 22.4 Å². The number of aryl methyl sites for hydroxylation is 1. The predicted molar refractivity (Wildman–Crippen MR) is 64.8 cm³/mol. The van der Waals surface area contributed by atoms with Gasteiger partial charge in [-0.1, -0.05) is 24.3 Å². The van der Waals surface area contributed by atoms with Crippen LogP contribution in [-0.2, 0) is 6.42 Å². The van der Waals surface area contributed by atoms with Gasteiger partial charge in [0.2, 0.25) is 5.84 Å². The van der Waals surface area contributed by atoms with Crippen LogP contribution >= 0.6 is 11.8 Å². The highest BCUT2D eigenvalue weighted by Gasteiger charge is 2.31. The van der Waals surface area contributed by atoms with E-state index in [1.165, 1.54) is 11.1 Å². The molecule has 1 heterocycles. The summed E-state index contributed by atoms with van der Waals surface area (Å²) in [6.45, 7) is 2.11. The minimum Gasteiger partial charge on any atom is -1.00 e. The minimum atomic E-state index is 0. The summed E-state index contributed by atoms with van der Waals surface area (Å²) < 4.78 is 0. The Kier molecular flexibility index (Phi) is 4.56. The molecule has 0 spiro atoms. The SMILES string of the molecule is Cc1ccccc1CC1SC(=[NH2+])N=C1N.[Br-]. The van der Waals surface area contributed by atoms with Gasteiger partial charge in [-0.2, -0.15) is 0 Å².